The Morgan fingerprint density at radius 2 is 1.31 bits per heavy atom. The molecule has 6 heteroatoms. The molecule has 52 heavy (non-hydrogen) atoms. The number of halogens is 1. The fraction of sp³-hybridized carbons (Fsp3) is 0.304. The molecule has 7 aromatic rings. The van der Waals surface area contributed by atoms with Crippen molar-refractivity contribution in [3.8, 4) is 34.1 Å². The number of hydrogen-bond acceptors (Lipinski definition) is 3. The van der Waals surface area contributed by atoms with Crippen LogP contribution >= 0.6 is 0 Å². The Hall–Kier alpha value is -5.23. The minimum Gasteiger partial charge on any atom is -0.457 e. The molecule has 3 heterocycles. The highest BCUT2D eigenvalue weighted by Crippen LogP contribution is 2.46. The predicted octanol–water partition coefficient (Wildman–Crippen LogP) is 12.7. The predicted molar refractivity (Wildman–Crippen MR) is 209 cm³/mol. The van der Waals surface area contributed by atoms with Gasteiger partial charge in [0.15, 0.2) is 0 Å². The number of aromatic nitrogens is 4. The number of pyridine rings is 1. The molecule has 9 rings (SSSR count). The van der Waals surface area contributed by atoms with E-state index in [0.29, 0.717) is 23.4 Å². The van der Waals surface area contributed by atoms with Crippen molar-refractivity contribution < 1.29 is 9.13 Å². The molecule has 262 valence electrons. The summed E-state index contributed by atoms with van der Waals surface area (Å²) < 4.78 is 25.1. The average Bonchev–Trinajstić information content (AvgIpc) is 3.67. The molecule has 0 saturated heterocycles. The van der Waals surface area contributed by atoms with Gasteiger partial charge in [-0.05, 0) is 104 Å². The molecule has 2 aliphatic carbocycles. The average molecular weight is 689 g/mol. The molecule has 0 amide bonds. The van der Waals surface area contributed by atoms with E-state index >= 15 is 0 Å². The van der Waals surface area contributed by atoms with Crippen LogP contribution in [0.3, 0.4) is 0 Å². The Labute approximate surface area is 305 Å². The van der Waals surface area contributed by atoms with E-state index in [4.69, 9.17) is 9.84 Å². The van der Waals surface area contributed by atoms with Crippen LogP contribution in [0.2, 0.25) is 0 Å². The lowest BCUT2D eigenvalue weighted by molar-refractivity contribution is 0.436. The van der Waals surface area contributed by atoms with E-state index in [1.54, 1.807) is 0 Å². The van der Waals surface area contributed by atoms with E-state index in [1.807, 2.05) is 47.0 Å². The highest BCUT2D eigenvalue weighted by atomic mass is 19.1. The monoisotopic (exact) mass is 688 g/mol. The minimum absolute atomic E-state index is 0.324. The van der Waals surface area contributed by atoms with Crippen molar-refractivity contribution in [2.75, 3.05) is 0 Å². The zero-order valence-electron chi connectivity index (χ0n) is 30.1. The van der Waals surface area contributed by atoms with E-state index in [1.165, 1.54) is 110 Å². The first-order chi connectivity index (χ1) is 25.5. The van der Waals surface area contributed by atoms with Crippen LogP contribution in [-0.4, -0.2) is 19.3 Å². The van der Waals surface area contributed by atoms with Crippen LogP contribution in [0.25, 0.3) is 44.4 Å². The normalized spacial score (nSPS) is 15.8. The molecule has 0 aliphatic heterocycles. The maximum Gasteiger partial charge on any atom is 0.140 e. The van der Waals surface area contributed by atoms with Crippen LogP contribution in [-0.2, 0) is 0 Å². The first-order valence-electron chi connectivity index (χ1n) is 19.2. The Kier molecular flexibility index (Phi) is 8.62. The number of fused-ring (bicyclic) bond motifs is 3. The lowest BCUT2D eigenvalue weighted by Crippen LogP contribution is -2.11. The van der Waals surface area contributed by atoms with Crippen molar-refractivity contribution in [2.45, 2.75) is 89.9 Å². The molecule has 2 saturated carbocycles. The third kappa shape index (κ3) is 5.88. The zero-order valence-corrected chi connectivity index (χ0v) is 30.1. The summed E-state index contributed by atoms with van der Waals surface area (Å²) in [7, 11) is 0. The number of hydrogen-bond donors (Lipinski definition) is 0. The minimum atomic E-state index is -0.324. The summed E-state index contributed by atoms with van der Waals surface area (Å²) in [5.41, 5.74) is 10.9. The van der Waals surface area contributed by atoms with Crippen LogP contribution in [0, 0.1) is 19.7 Å². The van der Waals surface area contributed by atoms with Crippen molar-refractivity contribution >= 4 is 21.8 Å². The number of ether oxygens (including phenoxy) is 1. The second kappa shape index (κ2) is 13.7. The second-order valence-electron chi connectivity index (χ2n) is 14.9. The second-order valence-corrected chi connectivity index (χ2v) is 14.9. The molecule has 2 fully saturated rings. The van der Waals surface area contributed by atoms with E-state index in [0.717, 1.165) is 38.9 Å². The van der Waals surface area contributed by atoms with Gasteiger partial charge in [-0.2, -0.15) is 5.10 Å². The molecule has 0 N–H and O–H groups in total. The summed E-state index contributed by atoms with van der Waals surface area (Å²) in [4.78, 5) is 4.52. The van der Waals surface area contributed by atoms with Crippen LogP contribution in [0.15, 0.2) is 103 Å². The third-order valence-corrected chi connectivity index (χ3v) is 11.6. The molecule has 0 radical (unpaired) electrons. The van der Waals surface area contributed by atoms with Crippen LogP contribution in [0.1, 0.15) is 98.6 Å². The number of aryl methyl sites for hydroxylation is 1. The van der Waals surface area contributed by atoms with Gasteiger partial charge in [-0.25, -0.2) is 14.1 Å². The van der Waals surface area contributed by atoms with Crippen LogP contribution in [0.5, 0.6) is 11.5 Å². The number of nitrogens with zero attached hydrogens (tertiary/aromatic N) is 4. The highest BCUT2D eigenvalue weighted by molar-refractivity contribution is 6.09. The molecule has 5 nitrogen and oxygen atoms in total. The van der Waals surface area contributed by atoms with Crippen molar-refractivity contribution in [1.29, 1.82) is 0 Å². The number of benzene rings is 4. The van der Waals surface area contributed by atoms with Gasteiger partial charge >= 0.3 is 0 Å². The van der Waals surface area contributed by atoms with Gasteiger partial charge in [0, 0.05) is 46.4 Å². The Morgan fingerprint density at radius 3 is 2.04 bits per heavy atom. The van der Waals surface area contributed by atoms with Gasteiger partial charge in [-0.3, -0.25) is 4.57 Å². The first-order valence-corrected chi connectivity index (χ1v) is 19.2. The summed E-state index contributed by atoms with van der Waals surface area (Å²) in [5, 5.41) is 7.35. The molecular formula is C46H45FN4O. The summed E-state index contributed by atoms with van der Waals surface area (Å²) in [5.74, 6) is 2.84. The smallest absolute Gasteiger partial charge is 0.140 e. The maximum absolute atomic E-state index is 14.4. The van der Waals surface area contributed by atoms with Crippen molar-refractivity contribution in [1.82, 2.24) is 19.3 Å². The van der Waals surface area contributed by atoms with Gasteiger partial charge in [0.2, 0.25) is 0 Å². The van der Waals surface area contributed by atoms with Gasteiger partial charge in [-0.1, -0.05) is 81.0 Å². The topological polar surface area (TPSA) is 44.9 Å². The molecule has 3 aromatic heterocycles. The molecule has 0 bridgehead atoms. The van der Waals surface area contributed by atoms with Gasteiger partial charge in [0.05, 0.1) is 22.4 Å². The Balaban J connectivity index is 1.10. The van der Waals surface area contributed by atoms with E-state index in [-0.39, 0.29) is 5.82 Å². The fourth-order valence-electron chi connectivity index (χ4n) is 9.23. The van der Waals surface area contributed by atoms with Crippen molar-refractivity contribution in [3.05, 3.63) is 132 Å². The molecule has 4 aromatic carbocycles. The molecule has 0 spiro atoms. The van der Waals surface area contributed by atoms with E-state index < -0.39 is 0 Å². The standard InChI is InChI=1S/C46H45FN4O/c1-30-45(46-38(32-13-5-3-6-14-32)20-12-21-39(46)33-15-7-4-8-16-33)31(2)51(49-30)35-17-11-18-36(28-35)52-37-23-24-41-40-19-9-10-22-42(40)50(43(41)29-37)44-27-34(47)25-26-48-44/h9-12,17-29,32-33H,3-8,13-16H2,1-2H3. The van der Waals surface area contributed by atoms with Gasteiger partial charge in [-0.15, -0.1) is 0 Å². The largest absolute Gasteiger partial charge is 0.457 e. The highest BCUT2D eigenvalue weighted by Gasteiger charge is 2.28. The van der Waals surface area contributed by atoms with Crippen LogP contribution in [0.4, 0.5) is 4.39 Å². The van der Waals surface area contributed by atoms with Crippen LogP contribution < -0.4 is 4.74 Å². The number of para-hydroxylation sites is 1. The first kappa shape index (κ1) is 32.7. The molecule has 2 aliphatic rings. The number of rotatable bonds is 7. The van der Waals surface area contributed by atoms with E-state index in [2.05, 4.69) is 66.0 Å². The lowest BCUT2D eigenvalue weighted by Gasteiger charge is -2.30. The van der Waals surface area contributed by atoms with Gasteiger partial charge < -0.3 is 4.74 Å². The van der Waals surface area contributed by atoms with E-state index in [9.17, 15) is 4.39 Å². The lowest BCUT2D eigenvalue weighted by atomic mass is 9.75. The summed E-state index contributed by atoms with van der Waals surface area (Å²) >= 11 is 0. The van der Waals surface area contributed by atoms with Gasteiger partial charge in [0.25, 0.3) is 0 Å². The SMILES string of the molecule is Cc1nn(-c2cccc(Oc3ccc4c5ccccc5n(-c5cc(F)ccn5)c4c3)c2)c(C)c1-c1c(C2CCCCC2)cccc1C1CCCCC1. The summed E-state index contributed by atoms with van der Waals surface area (Å²) in [6, 6.07) is 32.5. The van der Waals surface area contributed by atoms with Crippen molar-refractivity contribution in [3.63, 3.8) is 0 Å². The Morgan fingerprint density at radius 1 is 0.635 bits per heavy atom. The summed E-state index contributed by atoms with van der Waals surface area (Å²) in [6.45, 7) is 4.42. The summed E-state index contributed by atoms with van der Waals surface area (Å²) in [6.07, 6.45) is 14.6. The maximum atomic E-state index is 14.4. The van der Waals surface area contributed by atoms with Gasteiger partial charge in [0.1, 0.15) is 23.1 Å². The third-order valence-electron chi connectivity index (χ3n) is 11.6. The molecule has 0 unspecified atom stereocenters. The Bertz CT molecular complexity index is 2370. The molecular weight excluding hydrogens is 644 g/mol. The molecule has 0 atom stereocenters. The van der Waals surface area contributed by atoms with Crippen molar-refractivity contribution in [2.24, 2.45) is 0 Å². The zero-order chi connectivity index (χ0) is 35.2. The fourth-order valence-corrected chi connectivity index (χ4v) is 9.23. The quantitative estimate of drug-likeness (QED) is 0.167.